The molecule has 2 aromatic carbocycles. The molecule has 1 nitrogen and oxygen atoms in total. The van der Waals surface area contributed by atoms with Gasteiger partial charge in [0, 0.05) is 4.90 Å². The van der Waals surface area contributed by atoms with Crippen LogP contribution >= 0.6 is 11.8 Å². The maximum Gasteiger partial charge on any atom is 0.140 e. The third kappa shape index (κ3) is 4.48. The molecular weight excluding hydrogens is 252 g/mol. The van der Waals surface area contributed by atoms with Crippen molar-refractivity contribution in [3.63, 3.8) is 0 Å². The summed E-state index contributed by atoms with van der Waals surface area (Å²) < 4.78 is 0. The number of benzene rings is 2. The van der Waals surface area contributed by atoms with Crippen molar-refractivity contribution in [2.45, 2.75) is 23.2 Å². The van der Waals surface area contributed by atoms with Gasteiger partial charge < -0.3 is 5.11 Å². The van der Waals surface area contributed by atoms with Crippen molar-refractivity contribution in [3.05, 3.63) is 66.2 Å². The fraction of sp³-hybridized carbons (Fsp3) is 0.176. The summed E-state index contributed by atoms with van der Waals surface area (Å²) in [6.07, 6.45) is -0.708. The minimum atomic E-state index is -0.708. The van der Waals surface area contributed by atoms with Crippen LogP contribution in [0.5, 0.6) is 0 Å². The van der Waals surface area contributed by atoms with Crippen molar-refractivity contribution in [1.29, 1.82) is 0 Å². The molecule has 0 radical (unpaired) electrons. The first-order valence-electron chi connectivity index (χ1n) is 6.21. The molecule has 0 aromatic heterocycles. The van der Waals surface area contributed by atoms with Gasteiger partial charge in [-0.05, 0) is 24.6 Å². The summed E-state index contributed by atoms with van der Waals surface area (Å²) in [6.45, 7) is 2.04. The van der Waals surface area contributed by atoms with Crippen LogP contribution in [0.3, 0.4) is 0 Å². The number of aliphatic hydroxyl groups excluding tert-OH is 1. The highest BCUT2D eigenvalue weighted by Crippen LogP contribution is 2.22. The molecule has 0 amide bonds. The van der Waals surface area contributed by atoms with E-state index in [0.717, 1.165) is 5.56 Å². The molecule has 2 unspecified atom stereocenters. The van der Waals surface area contributed by atoms with Crippen molar-refractivity contribution in [3.8, 4) is 11.8 Å². The van der Waals surface area contributed by atoms with Crippen molar-refractivity contribution in [1.82, 2.24) is 0 Å². The average Bonchev–Trinajstić information content (AvgIpc) is 2.47. The van der Waals surface area contributed by atoms with Gasteiger partial charge in [-0.3, -0.25) is 0 Å². The zero-order chi connectivity index (χ0) is 13.5. The smallest absolute Gasteiger partial charge is 0.140 e. The van der Waals surface area contributed by atoms with E-state index in [-0.39, 0.29) is 5.25 Å². The SMILES string of the molecule is CC(C#CC(O)c1ccccc1)Sc1ccccc1. The summed E-state index contributed by atoms with van der Waals surface area (Å²) in [7, 11) is 0. The quantitative estimate of drug-likeness (QED) is 0.673. The van der Waals surface area contributed by atoms with Gasteiger partial charge in [0.25, 0.3) is 0 Å². The van der Waals surface area contributed by atoms with Crippen LogP contribution in [-0.4, -0.2) is 10.4 Å². The Morgan fingerprint density at radius 3 is 2.11 bits per heavy atom. The van der Waals surface area contributed by atoms with E-state index in [4.69, 9.17) is 0 Å². The van der Waals surface area contributed by atoms with Crippen molar-refractivity contribution >= 4 is 11.8 Å². The van der Waals surface area contributed by atoms with Gasteiger partial charge in [0.05, 0.1) is 5.25 Å². The Bertz CT molecular complexity index is 554. The molecule has 0 spiro atoms. The van der Waals surface area contributed by atoms with Gasteiger partial charge in [0.1, 0.15) is 6.10 Å². The fourth-order valence-electron chi connectivity index (χ4n) is 1.65. The lowest BCUT2D eigenvalue weighted by Gasteiger charge is -2.05. The Balaban J connectivity index is 1.96. The third-order valence-corrected chi connectivity index (χ3v) is 3.61. The minimum absolute atomic E-state index is 0.153. The Hall–Kier alpha value is -1.69. The molecule has 19 heavy (non-hydrogen) atoms. The number of aliphatic hydroxyl groups is 1. The van der Waals surface area contributed by atoms with Gasteiger partial charge in [0.2, 0.25) is 0 Å². The molecule has 2 rings (SSSR count). The summed E-state index contributed by atoms with van der Waals surface area (Å²) in [4.78, 5) is 1.19. The molecule has 2 heteroatoms. The van der Waals surface area contributed by atoms with Crippen molar-refractivity contribution in [2.24, 2.45) is 0 Å². The highest BCUT2D eigenvalue weighted by molar-refractivity contribution is 8.00. The lowest BCUT2D eigenvalue weighted by Crippen LogP contribution is -1.96. The first-order valence-corrected chi connectivity index (χ1v) is 7.09. The van der Waals surface area contributed by atoms with Crippen LogP contribution in [0.4, 0.5) is 0 Å². The number of hydrogen-bond acceptors (Lipinski definition) is 2. The van der Waals surface area contributed by atoms with Crippen LogP contribution in [0.2, 0.25) is 0 Å². The molecule has 2 aromatic rings. The molecule has 0 bridgehead atoms. The summed E-state index contributed by atoms with van der Waals surface area (Å²) in [5, 5.41) is 10.1. The molecular formula is C17H16OS. The van der Waals surface area contributed by atoms with Crippen LogP contribution < -0.4 is 0 Å². The maximum absolute atomic E-state index is 9.95. The molecule has 0 heterocycles. The monoisotopic (exact) mass is 268 g/mol. The highest BCUT2D eigenvalue weighted by Gasteiger charge is 2.03. The summed E-state index contributed by atoms with van der Waals surface area (Å²) >= 11 is 1.70. The molecule has 0 saturated carbocycles. The summed E-state index contributed by atoms with van der Waals surface area (Å²) in [5.74, 6) is 6.00. The van der Waals surface area contributed by atoms with Crippen LogP contribution in [0.15, 0.2) is 65.6 Å². The van der Waals surface area contributed by atoms with E-state index >= 15 is 0 Å². The zero-order valence-corrected chi connectivity index (χ0v) is 11.6. The van der Waals surface area contributed by atoms with Crippen LogP contribution in [-0.2, 0) is 0 Å². The van der Waals surface area contributed by atoms with Crippen LogP contribution in [0.25, 0.3) is 0 Å². The molecule has 2 atom stereocenters. The Morgan fingerprint density at radius 2 is 1.47 bits per heavy atom. The molecule has 0 saturated heterocycles. The van der Waals surface area contributed by atoms with Crippen molar-refractivity contribution in [2.75, 3.05) is 0 Å². The second-order valence-electron chi connectivity index (χ2n) is 4.18. The molecule has 1 N–H and O–H groups in total. The van der Waals surface area contributed by atoms with E-state index in [1.165, 1.54) is 4.90 Å². The maximum atomic E-state index is 9.95. The first-order chi connectivity index (χ1) is 9.25. The number of hydrogen-bond donors (Lipinski definition) is 1. The van der Waals surface area contributed by atoms with E-state index in [9.17, 15) is 5.11 Å². The van der Waals surface area contributed by atoms with Gasteiger partial charge in [-0.1, -0.05) is 60.4 Å². The highest BCUT2D eigenvalue weighted by atomic mass is 32.2. The molecule has 0 aliphatic rings. The van der Waals surface area contributed by atoms with Gasteiger partial charge in [-0.15, -0.1) is 11.8 Å². The fourth-order valence-corrected chi connectivity index (χ4v) is 2.50. The Kier molecular flexibility index (Phi) is 5.09. The second kappa shape index (κ2) is 7.04. The lowest BCUT2D eigenvalue weighted by atomic mass is 10.1. The summed E-state index contributed by atoms with van der Waals surface area (Å²) in [5.41, 5.74) is 0.840. The Labute approximate surface area is 118 Å². The normalized spacial score (nSPS) is 13.2. The van der Waals surface area contributed by atoms with E-state index in [1.807, 2.05) is 55.5 Å². The van der Waals surface area contributed by atoms with Gasteiger partial charge in [0.15, 0.2) is 0 Å². The standard InChI is InChI=1S/C17H16OS/c1-14(19-16-10-6-3-7-11-16)12-13-17(18)15-8-4-2-5-9-15/h2-11,14,17-18H,1H3. The van der Waals surface area contributed by atoms with Gasteiger partial charge >= 0.3 is 0 Å². The number of rotatable bonds is 3. The third-order valence-electron chi connectivity index (χ3n) is 2.59. The molecule has 96 valence electrons. The van der Waals surface area contributed by atoms with Crippen LogP contribution in [0, 0.1) is 11.8 Å². The molecule has 0 aliphatic heterocycles. The van der Waals surface area contributed by atoms with Crippen LogP contribution in [0.1, 0.15) is 18.6 Å². The molecule has 0 aliphatic carbocycles. The topological polar surface area (TPSA) is 20.2 Å². The van der Waals surface area contributed by atoms with E-state index in [0.29, 0.717) is 0 Å². The largest absolute Gasteiger partial charge is 0.376 e. The van der Waals surface area contributed by atoms with Gasteiger partial charge in [-0.25, -0.2) is 0 Å². The second-order valence-corrected chi connectivity index (χ2v) is 5.59. The Morgan fingerprint density at radius 1 is 0.895 bits per heavy atom. The lowest BCUT2D eigenvalue weighted by molar-refractivity contribution is 0.238. The average molecular weight is 268 g/mol. The van der Waals surface area contributed by atoms with E-state index in [1.54, 1.807) is 11.8 Å². The zero-order valence-electron chi connectivity index (χ0n) is 10.8. The van der Waals surface area contributed by atoms with Gasteiger partial charge in [-0.2, -0.15) is 0 Å². The number of thioether (sulfide) groups is 1. The predicted molar refractivity (Wildman–Crippen MR) is 80.9 cm³/mol. The van der Waals surface area contributed by atoms with Crippen molar-refractivity contribution < 1.29 is 5.11 Å². The summed E-state index contributed by atoms with van der Waals surface area (Å²) in [6, 6.07) is 19.7. The molecule has 0 fully saturated rings. The minimum Gasteiger partial charge on any atom is -0.376 e. The van der Waals surface area contributed by atoms with E-state index < -0.39 is 6.10 Å². The van der Waals surface area contributed by atoms with E-state index in [2.05, 4.69) is 24.0 Å². The predicted octanol–water partition coefficient (Wildman–Crippen LogP) is 3.90. The first kappa shape index (κ1) is 13.7.